The monoisotopic (exact) mass is 277 g/mol. The Morgan fingerprint density at radius 2 is 2.05 bits per heavy atom. The van der Waals surface area contributed by atoms with Crippen LogP contribution >= 0.6 is 0 Å². The van der Waals surface area contributed by atoms with Crippen molar-refractivity contribution in [2.24, 2.45) is 0 Å². The molecule has 2 aliphatic rings. The molecule has 1 fully saturated rings. The van der Waals surface area contributed by atoms with Crippen LogP contribution < -0.4 is 4.90 Å². The van der Waals surface area contributed by atoms with Crippen LogP contribution in [-0.2, 0) is 14.6 Å². The number of ketones is 1. The molecule has 100 valence electrons. The molecule has 1 saturated heterocycles. The van der Waals surface area contributed by atoms with Crippen molar-refractivity contribution in [2.75, 3.05) is 11.4 Å². The fraction of sp³-hybridized carbons (Fsp3) is 0.357. The van der Waals surface area contributed by atoms with E-state index in [-0.39, 0.29) is 15.6 Å². The first-order chi connectivity index (χ1) is 8.93. The number of carbonyl (C=O) groups is 1. The Labute approximate surface area is 112 Å². The lowest BCUT2D eigenvalue weighted by atomic mass is 10.2. The summed E-state index contributed by atoms with van der Waals surface area (Å²) in [4.78, 5) is 14.0. The molecule has 0 unspecified atom stereocenters. The van der Waals surface area contributed by atoms with Crippen molar-refractivity contribution < 1.29 is 13.2 Å². The van der Waals surface area contributed by atoms with E-state index in [1.807, 2.05) is 17.9 Å². The van der Waals surface area contributed by atoms with E-state index in [0.717, 1.165) is 24.2 Å². The molecule has 0 bridgehead atoms. The van der Waals surface area contributed by atoms with Gasteiger partial charge < -0.3 is 4.90 Å². The van der Waals surface area contributed by atoms with Crippen LogP contribution in [0.2, 0.25) is 0 Å². The van der Waals surface area contributed by atoms with E-state index in [9.17, 15) is 13.2 Å². The Kier molecular flexibility index (Phi) is 2.57. The van der Waals surface area contributed by atoms with Crippen molar-refractivity contribution in [3.8, 4) is 0 Å². The molecule has 0 spiro atoms. The Balaban J connectivity index is 2.37. The number of rotatable bonds is 1. The third-order valence-corrected chi connectivity index (χ3v) is 5.65. The molecule has 1 aromatic carbocycles. The topological polar surface area (TPSA) is 54.5 Å². The summed E-state index contributed by atoms with van der Waals surface area (Å²) in [7, 11) is -3.66. The number of benzene rings is 1. The number of hydrogen-bond donors (Lipinski definition) is 0. The van der Waals surface area contributed by atoms with Crippen molar-refractivity contribution in [1.82, 2.24) is 0 Å². The van der Waals surface area contributed by atoms with Gasteiger partial charge in [0.15, 0.2) is 5.78 Å². The third kappa shape index (κ3) is 1.64. The average Bonchev–Trinajstić information content (AvgIpc) is 2.76. The first-order valence-electron chi connectivity index (χ1n) is 6.30. The van der Waals surface area contributed by atoms with Gasteiger partial charge in [-0.2, -0.15) is 0 Å². The minimum atomic E-state index is -3.66. The quantitative estimate of drug-likeness (QED) is 0.789. The second-order valence-corrected chi connectivity index (χ2v) is 6.92. The van der Waals surface area contributed by atoms with Crippen LogP contribution in [0.3, 0.4) is 0 Å². The fourth-order valence-corrected chi connectivity index (χ4v) is 4.71. The standard InChI is InChI=1S/C14H15NO3S/c1-9-5-6-13-12(8-9)15-7-3-4-11(15)14(10(2)16)19(13,17)18/h5-6,8H,3-4,7H2,1-2H3. The van der Waals surface area contributed by atoms with Gasteiger partial charge in [-0.05, 0) is 44.4 Å². The number of aryl methyl sites for hydroxylation is 1. The van der Waals surface area contributed by atoms with E-state index in [4.69, 9.17) is 0 Å². The normalized spacial score (nSPS) is 20.2. The molecule has 0 radical (unpaired) electrons. The molecule has 2 heterocycles. The van der Waals surface area contributed by atoms with Gasteiger partial charge in [-0.15, -0.1) is 0 Å². The summed E-state index contributed by atoms with van der Waals surface area (Å²) in [6.45, 7) is 4.04. The van der Waals surface area contributed by atoms with E-state index in [2.05, 4.69) is 0 Å². The number of nitrogens with zero attached hydrogens (tertiary/aromatic N) is 1. The van der Waals surface area contributed by atoms with Crippen LogP contribution in [0.5, 0.6) is 0 Å². The molecule has 4 nitrogen and oxygen atoms in total. The van der Waals surface area contributed by atoms with Crippen molar-refractivity contribution in [1.29, 1.82) is 0 Å². The van der Waals surface area contributed by atoms with Gasteiger partial charge in [0.2, 0.25) is 9.84 Å². The van der Waals surface area contributed by atoms with Gasteiger partial charge in [0.1, 0.15) is 4.91 Å². The minimum absolute atomic E-state index is 0.0126. The predicted octanol–water partition coefficient (Wildman–Crippen LogP) is 2.18. The van der Waals surface area contributed by atoms with Gasteiger partial charge in [-0.1, -0.05) is 6.07 Å². The lowest BCUT2D eigenvalue weighted by Crippen LogP contribution is -2.29. The third-order valence-electron chi connectivity index (χ3n) is 3.67. The minimum Gasteiger partial charge on any atom is -0.343 e. The first kappa shape index (κ1) is 12.4. The molecule has 0 atom stereocenters. The highest BCUT2D eigenvalue weighted by molar-refractivity contribution is 7.96. The largest absolute Gasteiger partial charge is 0.343 e. The molecule has 1 aromatic rings. The SMILES string of the molecule is CC(=O)C1=C2CCCN2c2cc(C)ccc2S1(=O)=O. The number of carbonyl (C=O) groups excluding carboxylic acids is 1. The highest BCUT2D eigenvalue weighted by Gasteiger charge is 2.40. The Hall–Kier alpha value is -1.62. The molecule has 0 aromatic heterocycles. The van der Waals surface area contributed by atoms with E-state index < -0.39 is 9.84 Å². The van der Waals surface area contributed by atoms with Gasteiger partial charge in [-0.25, -0.2) is 8.42 Å². The lowest BCUT2D eigenvalue weighted by Gasteiger charge is -2.30. The lowest BCUT2D eigenvalue weighted by molar-refractivity contribution is -0.113. The van der Waals surface area contributed by atoms with Crippen LogP contribution in [0.1, 0.15) is 25.3 Å². The molecule has 5 heteroatoms. The zero-order chi connectivity index (χ0) is 13.8. The Morgan fingerprint density at radius 3 is 2.74 bits per heavy atom. The molecular formula is C14H15NO3S. The van der Waals surface area contributed by atoms with Gasteiger partial charge in [0.25, 0.3) is 0 Å². The highest BCUT2D eigenvalue weighted by atomic mass is 32.2. The first-order valence-corrected chi connectivity index (χ1v) is 7.78. The van der Waals surface area contributed by atoms with Crippen molar-refractivity contribution in [2.45, 2.75) is 31.6 Å². The number of anilines is 1. The van der Waals surface area contributed by atoms with Crippen LogP contribution in [0.25, 0.3) is 0 Å². The van der Waals surface area contributed by atoms with Gasteiger partial charge in [0, 0.05) is 12.2 Å². The maximum absolute atomic E-state index is 12.6. The molecule has 0 aliphatic carbocycles. The van der Waals surface area contributed by atoms with Crippen molar-refractivity contribution >= 4 is 21.3 Å². The number of fused-ring (bicyclic) bond motifs is 3. The van der Waals surface area contributed by atoms with E-state index in [1.165, 1.54) is 6.92 Å². The number of sulfone groups is 1. The maximum atomic E-state index is 12.6. The van der Waals surface area contributed by atoms with Gasteiger partial charge >= 0.3 is 0 Å². The second-order valence-electron chi connectivity index (χ2n) is 5.06. The number of hydrogen-bond acceptors (Lipinski definition) is 4. The molecular weight excluding hydrogens is 262 g/mol. The Morgan fingerprint density at radius 1 is 1.32 bits per heavy atom. The molecule has 0 saturated carbocycles. The summed E-state index contributed by atoms with van der Waals surface area (Å²) in [5.74, 6) is -0.367. The summed E-state index contributed by atoms with van der Waals surface area (Å²) in [6, 6.07) is 5.27. The van der Waals surface area contributed by atoms with E-state index in [1.54, 1.807) is 12.1 Å². The molecule has 0 amide bonds. The predicted molar refractivity (Wildman–Crippen MR) is 72.7 cm³/mol. The van der Waals surface area contributed by atoms with Crippen LogP contribution in [-0.4, -0.2) is 20.7 Å². The molecule has 2 aliphatic heterocycles. The summed E-state index contributed by atoms with van der Waals surface area (Å²) in [5, 5.41) is 0. The van der Waals surface area contributed by atoms with Crippen LogP contribution in [0.15, 0.2) is 33.7 Å². The zero-order valence-electron chi connectivity index (χ0n) is 10.9. The highest BCUT2D eigenvalue weighted by Crippen LogP contribution is 2.43. The number of allylic oxidation sites excluding steroid dienone is 2. The zero-order valence-corrected chi connectivity index (χ0v) is 11.8. The van der Waals surface area contributed by atoms with Crippen molar-refractivity contribution in [3.63, 3.8) is 0 Å². The Bertz CT molecular complexity index is 716. The van der Waals surface area contributed by atoms with Gasteiger partial charge in [-0.3, -0.25) is 4.79 Å². The summed E-state index contributed by atoms with van der Waals surface area (Å²) >= 11 is 0. The van der Waals surface area contributed by atoms with Crippen LogP contribution in [0.4, 0.5) is 5.69 Å². The van der Waals surface area contributed by atoms with Gasteiger partial charge in [0.05, 0.1) is 10.6 Å². The summed E-state index contributed by atoms with van der Waals surface area (Å²) in [5.41, 5.74) is 2.41. The fourth-order valence-electron chi connectivity index (χ4n) is 2.90. The molecule has 3 rings (SSSR count). The smallest absolute Gasteiger partial charge is 0.213 e. The molecule has 0 N–H and O–H groups in total. The van der Waals surface area contributed by atoms with Crippen LogP contribution in [0, 0.1) is 6.92 Å². The van der Waals surface area contributed by atoms with E-state index in [0.29, 0.717) is 12.1 Å². The summed E-state index contributed by atoms with van der Waals surface area (Å²) in [6.07, 6.45) is 1.54. The van der Waals surface area contributed by atoms with E-state index >= 15 is 0 Å². The maximum Gasteiger partial charge on any atom is 0.213 e. The molecule has 19 heavy (non-hydrogen) atoms. The second kappa shape index (κ2) is 3.93. The average molecular weight is 277 g/mol. The summed E-state index contributed by atoms with van der Waals surface area (Å²) < 4.78 is 25.2. The number of Topliss-reactive ketones (excluding diaryl/α,β-unsaturated/α-hetero) is 1. The van der Waals surface area contributed by atoms with Crippen molar-refractivity contribution in [3.05, 3.63) is 34.4 Å².